The van der Waals surface area contributed by atoms with Crippen LogP contribution in [0.3, 0.4) is 0 Å². The zero-order valence-electron chi connectivity index (χ0n) is 11.0. The van der Waals surface area contributed by atoms with E-state index in [9.17, 15) is 0 Å². The maximum Gasteiger partial charge on any atom is 0.0381 e. The summed E-state index contributed by atoms with van der Waals surface area (Å²) in [6.07, 6.45) is 8.40. The van der Waals surface area contributed by atoms with Crippen LogP contribution in [0.4, 0.5) is 0 Å². The summed E-state index contributed by atoms with van der Waals surface area (Å²) in [6, 6.07) is 8.90. The molecule has 0 aliphatic heterocycles. The average molecular weight is 254 g/mol. The number of rotatable bonds is 1. The van der Waals surface area contributed by atoms with Crippen molar-refractivity contribution in [3.05, 3.63) is 51.9 Å². The predicted octanol–water partition coefficient (Wildman–Crippen LogP) is 5.38. The van der Waals surface area contributed by atoms with Gasteiger partial charge in [0.1, 0.15) is 0 Å². The highest BCUT2D eigenvalue weighted by atomic mass is 32.1. The highest BCUT2D eigenvalue weighted by Crippen LogP contribution is 2.38. The van der Waals surface area contributed by atoms with Crippen LogP contribution in [0.5, 0.6) is 0 Å². The van der Waals surface area contributed by atoms with Crippen LogP contribution in [-0.4, -0.2) is 0 Å². The predicted molar refractivity (Wildman–Crippen MR) is 81.2 cm³/mol. The van der Waals surface area contributed by atoms with Gasteiger partial charge in [-0.2, -0.15) is 0 Å². The van der Waals surface area contributed by atoms with Crippen molar-refractivity contribution in [2.75, 3.05) is 0 Å². The molecule has 92 valence electrons. The second kappa shape index (κ2) is 4.74. The third-order valence-electron chi connectivity index (χ3n) is 3.64. The van der Waals surface area contributed by atoms with Gasteiger partial charge in [0.05, 0.1) is 0 Å². The van der Waals surface area contributed by atoms with E-state index in [1.807, 2.05) is 11.3 Å². The van der Waals surface area contributed by atoms with Crippen molar-refractivity contribution in [3.8, 4) is 10.4 Å². The highest BCUT2D eigenvalue weighted by molar-refractivity contribution is 7.16. The topological polar surface area (TPSA) is 0 Å². The molecule has 0 bridgehead atoms. The van der Waals surface area contributed by atoms with Crippen LogP contribution >= 0.6 is 11.3 Å². The van der Waals surface area contributed by atoms with E-state index in [-0.39, 0.29) is 0 Å². The molecule has 3 rings (SSSR count). The lowest BCUT2D eigenvalue weighted by atomic mass is 10.0. The Hall–Kier alpha value is -1.34. The van der Waals surface area contributed by atoms with Gasteiger partial charge in [-0.15, -0.1) is 11.3 Å². The summed E-state index contributed by atoms with van der Waals surface area (Å²) in [5.74, 6) is 0. The van der Waals surface area contributed by atoms with Gasteiger partial charge >= 0.3 is 0 Å². The second-order valence-electron chi connectivity index (χ2n) is 5.05. The molecular formula is C17H18S. The summed E-state index contributed by atoms with van der Waals surface area (Å²) in [5.41, 5.74) is 5.63. The summed E-state index contributed by atoms with van der Waals surface area (Å²) < 4.78 is 0. The van der Waals surface area contributed by atoms with Gasteiger partial charge in [-0.25, -0.2) is 0 Å². The van der Waals surface area contributed by atoms with Gasteiger partial charge in [0.15, 0.2) is 0 Å². The zero-order chi connectivity index (χ0) is 12.5. The Morgan fingerprint density at radius 1 is 1.06 bits per heavy atom. The van der Waals surface area contributed by atoms with E-state index < -0.39 is 0 Å². The first-order valence-electron chi connectivity index (χ1n) is 6.61. The Morgan fingerprint density at radius 3 is 2.61 bits per heavy atom. The minimum Gasteiger partial charge on any atom is -0.139 e. The third kappa shape index (κ3) is 2.04. The zero-order valence-corrected chi connectivity index (χ0v) is 11.8. The lowest BCUT2D eigenvalue weighted by Crippen LogP contribution is -1.81. The molecule has 0 nitrogen and oxygen atoms in total. The van der Waals surface area contributed by atoms with Gasteiger partial charge in [0.25, 0.3) is 0 Å². The minimum absolute atomic E-state index is 1.22. The van der Waals surface area contributed by atoms with Gasteiger partial charge in [-0.1, -0.05) is 42.0 Å². The SMILES string of the molecule is Cc1ccc(-c2sc3c(c2C)C=CCCC3)cc1. The van der Waals surface area contributed by atoms with Gasteiger partial charge in [-0.05, 0) is 49.8 Å². The number of thiophene rings is 1. The van der Waals surface area contributed by atoms with E-state index in [2.05, 4.69) is 50.3 Å². The number of hydrogen-bond donors (Lipinski definition) is 0. The first-order chi connectivity index (χ1) is 8.75. The standard InChI is InChI=1S/C17H18S/c1-12-8-10-14(11-9-12)17-13(2)15-6-4-3-5-7-16(15)18-17/h4,6,8-11H,3,5,7H2,1-2H3. The fraction of sp³-hybridized carbons (Fsp3) is 0.294. The molecule has 0 radical (unpaired) electrons. The number of benzene rings is 1. The van der Waals surface area contributed by atoms with E-state index in [1.165, 1.54) is 46.4 Å². The molecule has 1 aromatic heterocycles. The molecule has 0 saturated carbocycles. The average Bonchev–Trinajstić information content (AvgIpc) is 2.57. The molecule has 1 heteroatoms. The van der Waals surface area contributed by atoms with Crippen LogP contribution in [0.15, 0.2) is 30.3 Å². The summed E-state index contributed by atoms with van der Waals surface area (Å²) in [6.45, 7) is 4.41. The van der Waals surface area contributed by atoms with Crippen molar-refractivity contribution in [1.82, 2.24) is 0 Å². The van der Waals surface area contributed by atoms with Crippen LogP contribution in [0, 0.1) is 13.8 Å². The van der Waals surface area contributed by atoms with E-state index in [1.54, 1.807) is 4.88 Å². The molecule has 0 spiro atoms. The fourth-order valence-electron chi connectivity index (χ4n) is 2.55. The third-order valence-corrected chi connectivity index (χ3v) is 5.06. The molecule has 0 atom stereocenters. The van der Waals surface area contributed by atoms with Crippen molar-refractivity contribution >= 4 is 17.4 Å². The summed E-state index contributed by atoms with van der Waals surface area (Å²) >= 11 is 1.98. The van der Waals surface area contributed by atoms with E-state index in [0.717, 1.165) is 0 Å². The molecule has 0 unspecified atom stereocenters. The number of aryl methyl sites for hydroxylation is 2. The quantitative estimate of drug-likeness (QED) is 0.640. The van der Waals surface area contributed by atoms with E-state index >= 15 is 0 Å². The lowest BCUT2D eigenvalue weighted by molar-refractivity contribution is 0.863. The van der Waals surface area contributed by atoms with Gasteiger partial charge in [-0.3, -0.25) is 0 Å². The smallest absolute Gasteiger partial charge is 0.0381 e. The normalized spacial score (nSPS) is 14.3. The Labute approximate surface area is 113 Å². The van der Waals surface area contributed by atoms with E-state index in [4.69, 9.17) is 0 Å². The Balaban J connectivity index is 2.10. The minimum atomic E-state index is 1.22. The van der Waals surface area contributed by atoms with Gasteiger partial charge in [0.2, 0.25) is 0 Å². The Bertz CT molecular complexity index is 585. The van der Waals surface area contributed by atoms with Crippen LogP contribution in [0.1, 0.15) is 34.4 Å². The van der Waals surface area contributed by atoms with Crippen molar-refractivity contribution in [2.45, 2.75) is 33.1 Å². The van der Waals surface area contributed by atoms with Crippen molar-refractivity contribution < 1.29 is 0 Å². The molecule has 2 aromatic rings. The Kier molecular flexibility index (Phi) is 3.09. The molecule has 0 fully saturated rings. The summed E-state index contributed by atoms with van der Waals surface area (Å²) in [7, 11) is 0. The monoisotopic (exact) mass is 254 g/mol. The molecular weight excluding hydrogens is 236 g/mol. The van der Waals surface area contributed by atoms with Crippen molar-refractivity contribution in [3.63, 3.8) is 0 Å². The maximum atomic E-state index is 2.33. The molecule has 1 aliphatic carbocycles. The molecule has 18 heavy (non-hydrogen) atoms. The van der Waals surface area contributed by atoms with Crippen LogP contribution in [0.25, 0.3) is 16.5 Å². The van der Waals surface area contributed by atoms with Gasteiger partial charge < -0.3 is 0 Å². The lowest BCUT2D eigenvalue weighted by Gasteiger charge is -2.01. The summed E-state index contributed by atoms with van der Waals surface area (Å²) in [4.78, 5) is 3.02. The van der Waals surface area contributed by atoms with Crippen LogP contribution in [-0.2, 0) is 6.42 Å². The van der Waals surface area contributed by atoms with E-state index in [0.29, 0.717) is 0 Å². The van der Waals surface area contributed by atoms with Crippen molar-refractivity contribution in [2.24, 2.45) is 0 Å². The molecule has 1 heterocycles. The second-order valence-corrected chi connectivity index (χ2v) is 6.16. The van der Waals surface area contributed by atoms with Crippen LogP contribution < -0.4 is 0 Å². The molecule has 0 saturated heterocycles. The summed E-state index contributed by atoms with van der Waals surface area (Å²) in [5, 5.41) is 0. The largest absolute Gasteiger partial charge is 0.139 e. The molecule has 1 aromatic carbocycles. The number of hydrogen-bond acceptors (Lipinski definition) is 1. The molecule has 0 N–H and O–H groups in total. The fourth-order valence-corrected chi connectivity index (χ4v) is 3.89. The number of allylic oxidation sites excluding steroid dienone is 1. The number of fused-ring (bicyclic) bond motifs is 1. The molecule has 0 amide bonds. The maximum absolute atomic E-state index is 2.33. The first kappa shape index (κ1) is 11.7. The van der Waals surface area contributed by atoms with Crippen LogP contribution in [0.2, 0.25) is 0 Å². The molecule has 1 aliphatic rings. The Morgan fingerprint density at radius 2 is 1.83 bits per heavy atom. The van der Waals surface area contributed by atoms with Crippen molar-refractivity contribution in [1.29, 1.82) is 0 Å². The first-order valence-corrected chi connectivity index (χ1v) is 7.43. The highest BCUT2D eigenvalue weighted by Gasteiger charge is 2.15. The van der Waals surface area contributed by atoms with Gasteiger partial charge in [0, 0.05) is 9.75 Å².